The van der Waals surface area contributed by atoms with Gasteiger partial charge in [-0.15, -0.1) is 0 Å². The highest BCUT2D eigenvalue weighted by Crippen LogP contribution is 2.39. The third-order valence-electron chi connectivity index (χ3n) is 8.77. The maximum Gasteiger partial charge on any atom is 0.306 e. The molecule has 0 spiro atoms. The van der Waals surface area contributed by atoms with E-state index in [1.165, 1.54) is 89.9 Å². The van der Waals surface area contributed by atoms with Gasteiger partial charge in [0.1, 0.15) is 12.7 Å². The van der Waals surface area contributed by atoms with E-state index in [2.05, 4.69) is 41.2 Å². The number of hydrogen-bond donors (Lipinski definition) is 0. The van der Waals surface area contributed by atoms with Crippen molar-refractivity contribution in [3.63, 3.8) is 0 Å². The summed E-state index contributed by atoms with van der Waals surface area (Å²) in [5, 5.41) is 17.1. The smallest absolute Gasteiger partial charge is 0.306 e. The van der Waals surface area contributed by atoms with Gasteiger partial charge in [-0.2, -0.15) is 20.5 Å². The number of nitrogens with zero attached hydrogens (tertiary/aromatic N) is 4. The zero-order valence-corrected chi connectivity index (χ0v) is 27.8. The first-order chi connectivity index (χ1) is 20.9. The van der Waals surface area contributed by atoms with Gasteiger partial charge in [0.2, 0.25) is 0 Å². The van der Waals surface area contributed by atoms with E-state index in [1.54, 1.807) is 0 Å². The summed E-state index contributed by atoms with van der Waals surface area (Å²) in [6.45, 7) is 8.29. The van der Waals surface area contributed by atoms with E-state index < -0.39 is 6.10 Å². The second-order valence-electron chi connectivity index (χ2n) is 13.0. The summed E-state index contributed by atoms with van der Waals surface area (Å²) in [6, 6.07) is 0. The summed E-state index contributed by atoms with van der Waals surface area (Å²) in [5.74, 6) is -0.483. The zero-order valence-electron chi connectivity index (χ0n) is 27.8. The monoisotopic (exact) mass is 603 g/mol. The van der Waals surface area contributed by atoms with E-state index in [9.17, 15) is 9.59 Å². The molecule has 247 valence electrons. The summed E-state index contributed by atoms with van der Waals surface area (Å²) in [7, 11) is 0. The SMILES string of the molecule is [CH2]C(COC(=O)CCCCCCCCCCC1(CCCC)N=N1)OC(=O)CCCCCCCCCCC1(CCCC)N=N1. The molecule has 1 unspecified atom stereocenters. The highest BCUT2D eigenvalue weighted by Gasteiger charge is 2.38. The molecule has 2 aliphatic rings. The van der Waals surface area contributed by atoms with Gasteiger partial charge < -0.3 is 9.47 Å². The molecule has 0 aromatic carbocycles. The van der Waals surface area contributed by atoms with Crippen LogP contribution in [0.5, 0.6) is 0 Å². The van der Waals surface area contributed by atoms with Crippen LogP contribution in [0.25, 0.3) is 0 Å². The molecule has 0 aromatic rings. The van der Waals surface area contributed by atoms with Crippen molar-refractivity contribution in [1.29, 1.82) is 0 Å². The number of rotatable bonds is 31. The number of hydrogen-bond acceptors (Lipinski definition) is 8. The third-order valence-corrected chi connectivity index (χ3v) is 8.77. The van der Waals surface area contributed by atoms with Gasteiger partial charge in [-0.1, -0.05) is 104 Å². The lowest BCUT2D eigenvalue weighted by atomic mass is 9.98. The molecule has 1 atom stereocenters. The molecular formula is C35H63N4O4. The van der Waals surface area contributed by atoms with Crippen molar-refractivity contribution in [3.05, 3.63) is 6.92 Å². The molecule has 8 heteroatoms. The van der Waals surface area contributed by atoms with Crippen LogP contribution in [0.4, 0.5) is 0 Å². The predicted molar refractivity (Wildman–Crippen MR) is 173 cm³/mol. The lowest BCUT2D eigenvalue weighted by molar-refractivity contribution is -0.156. The van der Waals surface area contributed by atoms with Gasteiger partial charge in [0, 0.05) is 12.8 Å². The Labute approximate surface area is 263 Å². The minimum Gasteiger partial charge on any atom is -0.462 e. The van der Waals surface area contributed by atoms with Gasteiger partial charge in [0.05, 0.1) is 0 Å². The van der Waals surface area contributed by atoms with Gasteiger partial charge >= 0.3 is 11.9 Å². The van der Waals surface area contributed by atoms with Crippen LogP contribution in [0.1, 0.15) is 181 Å². The van der Waals surface area contributed by atoms with Crippen LogP contribution in [0, 0.1) is 6.92 Å². The average molecular weight is 604 g/mol. The van der Waals surface area contributed by atoms with Crippen molar-refractivity contribution >= 4 is 11.9 Å². The van der Waals surface area contributed by atoms with Crippen molar-refractivity contribution in [3.8, 4) is 0 Å². The molecule has 0 bridgehead atoms. The summed E-state index contributed by atoms with van der Waals surface area (Å²) < 4.78 is 10.6. The van der Waals surface area contributed by atoms with E-state index in [4.69, 9.17) is 9.47 Å². The largest absolute Gasteiger partial charge is 0.462 e. The highest BCUT2D eigenvalue weighted by atomic mass is 16.6. The Morgan fingerprint density at radius 2 is 0.884 bits per heavy atom. The summed E-state index contributed by atoms with van der Waals surface area (Å²) in [6.07, 6.45) is 28.1. The van der Waals surface area contributed by atoms with Crippen LogP contribution < -0.4 is 0 Å². The molecule has 0 N–H and O–H groups in total. The molecule has 0 aromatic heterocycles. The van der Waals surface area contributed by atoms with Crippen molar-refractivity contribution in [2.45, 2.75) is 198 Å². The average Bonchev–Trinajstić information content (AvgIpc) is 3.93. The van der Waals surface area contributed by atoms with Gasteiger partial charge in [-0.05, 0) is 71.1 Å². The Kier molecular flexibility index (Phi) is 19.6. The van der Waals surface area contributed by atoms with Gasteiger partial charge in [0.25, 0.3) is 0 Å². The quantitative estimate of drug-likeness (QED) is 0.0581. The van der Waals surface area contributed by atoms with Crippen LogP contribution >= 0.6 is 0 Å². The van der Waals surface area contributed by atoms with E-state index >= 15 is 0 Å². The van der Waals surface area contributed by atoms with Crippen LogP contribution in [-0.2, 0) is 19.1 Å². The van der Waals surface area contributed by atoms with E-state index in [1.807, 2.05) is 0 Å². The number of esters is 2. The van der Waals surface area contributed by atoms with Crippen LogP contribution in [0.15, 0.2) is 20.5 Å². The number of ether oxygens (including phenoxy) is 2. The van der Waals surface area contributed by atoms with Crippen molar-refractivity contribution < 1.29 is 19.1 Å². The second kappa shape index (κ2) is 22.6. The van der Waals surface area contributed by atoms with Crippen LogP contribution in [0.2, 0.25) is 0 Å². The van der Waals surface area contributed by atoms with Gasteiger partial charge in [-0.25, -0.2) is 0 Å². The van der Waals surface area contributed by atoms with Crippen molar-refractivity contribution in [1.82, 2.24) is 0 Å². The van der Waals surface area contributed by atoms with Crippen molar-refractivity contribution in [2.24, 2.45) is 20.5 Å². The Balaban J connectivity index is 1.29. The van der Waals surface area contributed by atoms with E-state index in [0.717, 1.165) is 64.2 Å². The Morgan fingerprint density at radius 1 is 0.535 bits per heavy atom. The molecule has 0 aliphatic carbocycles. The Bertz CT molecular complexity index is 804. The lowest BCUT2D eigenvalue weighted by Gasteiger charge is -2.13. The molecule has 2 rings (SSSR count). The maximum atomic E-state index is 12.1. The molecule has 0 saturated carbocycles. The minimum absolute atomic E-state index is 0.00115. The number of carbonyl (C=O) groups excluding carboxylic acids is 2. The molecule has 2 heterocycles. The third kappa shape index (κ3) is 19.2. The fourth-order valence-corrected chi connectivity index (χ4v) is 5.72. The maximum absolute atomic E-state index is 12.1. The fourth-order valence-electron chi connectivity index (χ4n) is 5.72. The summed E-state index contributed by atoms with van der Waals surface area (Å²) in [4.78, 5) is 24.1. The van der Waals surface area contributed by atoms with Crippen molar-refractivity contribution in [2.75, 3.05) is 6.61 Å². The molecule has 2 aliphatic heterocycles. The Hall–Kier alpha value is -1.86. The molecule has 0 saturated heterocycles. The van der Waals surface area contributed by atoms with E-state index in [0.29, 0.717) is 12.8 Å². The normalized spacial score (nSPS) is 16.3. The van der Waals surface area contributed by atoms with E-state index in [-0.39, 0.29) is 29.9 Å². The number of carbonyl (C=O) groups is 2. The van der Waals surface area contributed by atoms with Crippen LogP contribution in [0.3, 0.4) is 0 Å². The fraction of sp³-hybridized carbons (Fsp3) is 0.914. The standard InChI is InChI=1S/C35H63N4O4/c1-4-6-26-34(36-37-34)28-22-18-14-10-8-12-16-20-24-32(40)42-30-31(3)43-33(41)25-21-17-13-9-11-15-19-23-29-35(38-39-35)27-7-5-2/h31H,3-30H2,1-2H3. The summed E-state index contributed by atoms with van der Waals surface area (Å²) >= 11 is 0. The second-order valence-corrected chi connectivity index (χ2v) is 13.0. The highest BCUT2D eigenvalue weighted by molar-refractivity contribution is 5.70. The molecule has 0 fully saturated rings. The molecular weight excluding hydrogens is 540 g/mol. The Morgan fingerprint density at radius 3 is 1.28 bits per heavy atom. The first-order valence-electron chi connectivity index (χ1n) is 18.0. The topological polar surface area (TPSA) is 102 Å². The zero-order chi connectivity index (χ0) is 31.1. The summed E-state index contributed by atoms with van der Waals surface area (Å²) in [5.41, 5.74) is 0.00312. The first-order valence-corrected chi connectivity index (χ1v) is 18.0. The van der Waals surface area contributed by atoms with Crippen LogP contribution in [-0.4, -0.2) is 36.0 Å². The molecule has 43 heavy (non-hydrogen) atoms. The minimum atomic E-state index is -0.641. The lowest BCUT2D eigenvalue weighted by Crippen LogP contribution is -2.22. The first kappa shape index (κ1) is 37.3. The molecule has 0 amide bonds. The molecule has 8 nitrogen and oxygen atoms in total. The predicted octanol–water partition coefficient (Wildman–Crippen LogP) is 10.8. The van der Waals surface area contributed by atoms with Gasteiger partial charge in [-0.3, -0.25) is 9.59 Å². The molecule has 1 radical (unpaired) electrons. The number of unbranched alkanes of at least 4 members (excludes halogenated alkanes) is 16. The van der Waals surface area contributed by atoms with Gasteiger partial charge in [0.15, 0.2) is 11.3 Å².